The van der Waals surface area contributed by atoms with Crippen LogP contribution in [0.3, 0.4) is 0 Å². The molecule has 1 aliphatic carbocycles. The van der Waals surface area contributed by atoms with Crippen molar-refractivity contribution in [1.29, 1.82) is 0 Å². The summed E-state index contributed by atoms with van der Waals surface area (Å²) in [5.41, 5.74) is 5.06. The first-order valence-corrected chi connectivity index (χ1v) is 9.22. The summed E-state index contributed by atoms with van der Waals surface area (Å²) >= 11 is 0. The monoisotopic (exact) mass is 337 g/mol. The molecule has 0 aromatic heterocycles. The number of nitrogens with zero attached hydrogens (tertiary/aromatic N) is 1. The number of fused-ring (bicyclic) bond motifs is 1. The third-order valence-corrected chi connectivity index (χ3v) is 4.87. The lowest BCUT2D eigenvalue weighted by molar-refractivity contribution is -0.129. The fraction of sp³-hybridized carbons (Fsp3) is 0.409. The molecule has 3 rings (SSSR count). The van der Waals surface area contributed by atoms with Gasteiger partial charge >= 0.3 is 0 Å². The summed E-state index contributed by atoms with van der Waals surface area (Å²) in [6.45, 7) is 3.17. The number of ether oxygens (including phenoxy) is 1. The van der Waals surface area contributed by atoms with Gasteiger partial charge in [0.1, 0.15) is 5.75 Å². The van der Waals surface area contributed by atoms with E-state index >= 15 is 0 Å². The second-order valence-electron chi connectivity index (χ2n) is 6.78. The summed E-state index contributed by atoms with van der Waals surface area (Å²) in [4.78, 5) is 14.4. The molecule has 3 nitrogen and oxygen atoms in total. The minimum atomic E-state index is 0.141. The van der Waals surface area contributed by atoms with E-state index in [4.69, 9.17) is 4.74 Å². The highest BCUT2D eigenvalue weighted by Gasteiger charge is 2.15. The maximum Gasteiger partial charge on any atom is 0.227 e. The zero-order valence-electron chi connectivity index (χ0n) is 15.3. The van der Waals surface area contributed by atoms with E-state index in [1.807, 2.05) is 38.2 Å². The second-order valence-corrected chi connectivity index (χ2v) is 6.78. The molecule has 0 bridgehead atoms. The molecule has 3 heteroatoms. The van der Waals surface area contributed by atoms with Gasteiger partial charge in [0.05, 0.1) is 13.0 Å². The predicted molar refractivity (Wildman–Crippen MR) is 101 cm³/mol. The molecular formula is C22H27NO2. The molecule has 0 spiro atoms. The first kappa shape index (κ1) is 17.5. The molecule has 0 atom stereocenters. The fourth-order valence-corrected chi connectivity index (χ4v) is 3.48. The average molecular weight is 337 g/mol. The number of carbonyl (C=O) groups is 1. The van der Waals surface area contributed by atoms with E-state index in [0.29, 0.717) is 19.6 Å². The molecule has 1 aliphatic rings. The van der Waals surface area contributed by atoms with E-state index < -0.39 is 0 Å². The lowest BCUT2D eigenvalue weighted by atomic mass is 9.90. The molecule has 0 aliphatic heterocycles. The third-order valence-electron chi connectivity index (χ3n) is 4.87. The molecule has 0 saturated heterocycles. The molecular weight excluding hydrogens is 310 g/mol. The SMILES string of the molecule is CCOc1ccccc1CN(C)C(=O)Cc1ccc2c(c1)CCCC2. The molecule has 0 unspecified atom stereocenters. The normalized spacial score (nSPS) is 13.2. The topological polar surface area (TPSA) is 29.5 Å². The number of amides is 1. The number of hydrogen-bond acceptors (Lipinski definition) is 2. The number of likely N-dealkylation sites (N-methyl/N-ethyl adjacent to an activating group) is 1. The standard InChI is InChI=1S/C22H27NO2/c1-3-25-21-11-7-6-10-20(21)16-23(2)22(24)15-17-12-13-18-8-4-5-9-19(18)14-17/h6-7,10-14H,3-5,8-9,15-16H2,1-2H3. The van der Waals surface area contributed by atoms with E-state index in [1.165, 1.54) is 30.4 Å². The molecule has 25 heavy (non-hydrogen) atoms. The van der Waals surface area contributed by atoms with Crippen LogP contribution in [0.1, 0.15) is 42.0 Å². The molecule has 0 saturated carbocycles. The number of carbonyl (C=O) groups excluding carboxylic acids is 1. The van der Waals surface area contributed by atoms with Gasteiger partial charge in [0.25, 0.3) is 0 Å². The van der Waals surface area contributed by atoms with E-state index in [0.717, 1.165) is 23.3 Å². The Balaban J connectivity index is 1.65. The van der Waals surface area contributed by atoms with Crippen molar-refractivity contribution >= 4 is 5.91 Å². The van der Waals surface area contributed by atoms with Crippen LogP contribution in [0.5, 0.6) is 5.75 Å². The Bertz CT molecular complexity index is 739. The number of benzene rings is 2. The molecule has 132 valence electrons. The van der Waals surface area contributed by atoms with Gasteiger partial charge in [-0.3, -0.25) is 4.79 Å². The van der Waals surface area contributed by atoms with Gasteiger partial charge < -0.3 is 9.64 Å². The Labute approximate surface area is 150 Å². The summed E-state index contributed by atoms with van der Waals surface area (Å²) in [6.07, 6.45) is 5.33. The zero-order valence-corrected chi connectivity index (χ0v) is 15.3. The number of rotatable bonds is 6. The van der Waals surface area contributed by atoms with Crippen molar-refractivity contribution in [3.8, 4) is 5.75 Å². The average Bonchev–Trinajstić information content (AvgIpc) is 2.63. The van der Waals surface area contributed by atoms with Crippen molar-refractivity contribution in [2.24, 2.45) is 0 Å². The molecule has 2 aromatic carbocycles. The molecule has 0 heterocycles. The Morgan fingerprint density at radius 2 is 1.84 bits per heavy atom. The minimum Gasteiger partial charge on any atom is -0.494 e. The van der Waals surface area contributed by atoms with Crippen LogP contribution < -0.4 is 4.74 Å². The van der Waals surface area contributed by atoms with Crippen molar-refractivity contribution in [3.05, 3.63) is 64.7 Å². The quantitative estimate of drug-likeness (QED) is 0.792. The van der Waals surface area contributed by atoms with E-state index in [2.05, 4.69) is 18.2 Å². The van der Waals surface area contributed by atoms with Crippen LogP contribution >= 0.6 is 0 Å². The van der Waals surface area contributed by atoms with Crippen molar-refractivity contribution in [2.45, 2.75) is 45.6 Å². The first-order valence-electron chi connectivity index (χ1n) is 9.22. The van der Waals surface area contributed by atoms with Gasteiger partial charge in [0.15, 0.2) is 0 Å². The maximum atomic E-state index is 12.6. The van der Waals surface area contributed by atoms with Crippen LogP contribution in [0.15, 0.2) is 42.5 Å². The largest absolute Gasteiger partial charge is 0.494 e. The van der Waals surface area contributed by atoms with Crippen LogP contribution in [0.25, 0.3) is 0 Å². The number of aryl methyl sites for hydroxylation is 2. The lowest BCUT2D eigenvalue weighted by Crippen LogP contribution is -2.28. The smallest absolute Gasteiger partial charge is 0.227 e. The zero-order chi connectivity index (χ0) is 17.6. The first-order chi connectivity index (χ1) is 12.2. The van der Waals surface area contributed by atoms with Gasteiger partial charge in [-0.05, 0) is 55.4 Å². The van der Waals surface area contributed by atoms with E-state index in [1.54, 1.807) is 4.90 Å². The van der Waals surface area contributed by atoms with Gasteiger partial charge in [-0.15, -0.1) is 0 Å². The Hall–Kier alpha value is -2.29. The summed E-state index contributed by atoms with van der Waals surface area (Å²) < 4.78 is 5.66. The summed E-state index contributed by atoms with van der Waals surface area (Å²) in [7, 11) is 1.86. The molecule has 0 radical (unpaired) electrons. The lowest BCUT2D eigenvalue weighted by Gasteiger charge is -2.20. The summed E-state index contributed by atoms with van der Waals surface area (Å²) in [5, 5.41) is 0. The fourth-order valence-electron chi connectivity index (χ4n) is 3.48. The molecule has 1 amide bonds. The van der Waals surface area contributed by atoms with E-state index in [9.17, 15) is 4.79 Å². The third kappa shape index (κ3) is 4.41. The highest BCUT2D eigenvalue weighted by atomic mass is 16.5. The van der Waals surface area contributed by atoms with Gasteiger partial charge in [-0.1, -0.05) is 36.4 Å². The van der Waals surface area contributed by atoms with Crippen LogP contribution in [-0.2, 0) is 30.6 Å². The number of para-hydroxylation sites is 1. The Morgan fingerprint density at radius 1 is 1.08 bits per heavy atom. The van der Waals surface area contributed by atoms with Crippen molar-refractivity contribution < 1.29 is 9.53 Å². The molecule has 0 fully saturated rings. The van der Waals surface area contributed by atoms with Gasteiger partial charge in [-0.2, -0.15) is 0 Å². The van der Waals surface area contributed by atoms with Crippen molar-refractivity contribution in [2.75, 3.05) is 13.7 Å². The van der Waals surface area contributed by atoms with Crippen LogP contribution in [0, 0.1) is 0 Å². The summed E-state index contributed by atoms with van der Waals surface area (Å²) in [6, 6.07) is 14.5. The second kappa shape index (κ2) is 8.19. The Morgan fingerprint density at radius 3 is 2.64 bits per heavy atom. The predicted octanol–water partition coefficient (Wildman–Crippen LogP) is 4.17. The summed E-state index contributed by atoms with van der Waals surface area (Å²) in [5.74, 6) is 1.00. The van der Waals surface area contributed by atoms with Gasteiger partial charge in [0, 0.05) is 19.2 Å². The van der Waals surface area contributed by atoms with E-state index in [-0.39, 0.29) is 5.91 Å². The van der Waals surface area contributed by atoms with Crippen molar-refractivity contribution in [1.82, 2.24) is 4.90 Å². The number of hydrogen-bond donors (Lipinski definition) is 0. The van der Waals surface area contributed by atoms with Crippen molar-refractivity contribution in [3.63, 3.8) is 0 Å². The molecule has 2 aromatic rings. The maximum absolute atomic E-state index is 12.6. The minimum absolute atomic E-state index is 0.141. The van der Waals surface area contributed by atoms with Crippen LogP contribution in [0.2, 0.25) is 0 Å². The van der Waals surface area contributed by atoms with Crippen LogP contribution in [-0.4, -0.2) is 24.5 Å². The Kier molecular flexibility index (Phi) is 5.75. The molecule has 0 N–H and O–H groups in total. The van der Waals surface area contributed by atoms with Crippen LogP contribution in [0.4, 0.5) is 0 Å². The highest BCUT2D eigenvalue weighted by molar-refractivity contribution is 5.78. The van der Waals surface area contributed by atoms with Gasteiger partial charge in [-0.25, -0.2) is 0 Å². The van der Waals surface area contributed by atoms with Gasteiger partial charge in [0.2, 0.25) is 5.91 Å². The highest BCUT2D eigenvalue weighted by Crippen LogP contribution is 2.23.